The molecule has 0 aliphatic carbocycles. The fourth-order valence-corrected chi connectivity index (χ4v) is 2.55. The van der Waals surface area contributed by atoms with Crippen molar-refractivity contribution in [1.82, 2.24) is 24.4 Å². The molecule has 0 bridgehead atoms. The third kappa shape index (κ3) is 2.52. The molecule has 0 fully saturated rings. The van der Waals surface area contributed by atoms with Crippen LogP contribution in [0.2, 0.25) is 0 Å². The van der Waals surface area contributed by atoms with Gasteiger partial charge in [-0.2, -0.15) is 0 Å². The molecule has 0 amide bonds. The summed E-state index contributed by atoms with van der Waals surface area (Å²) in [5, 5.41) is 9.47. The van der Waals surface area contributed by atoms with Crippen LogP contribution in [0.1, 0.15) is 24.1 Å². The van der Waals surface area contributed by atoms with Gasteiger partial charge in [0.25, 0.3) is 5.56 Å². The van der Waals surface area contributed by atoms with E-state index in [1.807, 2.05) is 6.92 Å². The molecule has 0 spiro atoms. The van der Waals surface area contributed by atoms with Gasteiger partial charge < -0.3 is 9.84 Å². The molecule has 0 saturated carbocycles. The molecule has 8 heteroatoms. The Bertz CT molecular complexity index is 759. The number of rotatable bonds is 4. The first-order valence-corrected chi connectivity index (χ1v) is 7.01. The summed E-state index contributed by atoms with van der Waals surface area (Å²) < 4.78 is 6.55. The average Bonchev–Trinajstić information content (AvgIpc) is 2.92. The summed E-state index contributed by atoms with van der Waals surface area (Å²) in [6, 6.07) is 0. The second kappa shape index (κ2) is 5.72. The van der Waals surface area contributed by atoms with Crippen LogP contribution in [0.4, 0.5) is 0 Å². The summed E-state index contributed by atoms with van der Waals surface area (Å²) in [7, 11) is 1.56. The second-order valence-electron chi connectivity index (χ2n) is 5.06. The van der Waals surface area contributed by atoms with Crippen molar-refractivity contribution < 1.29 is 9.84 Å². The second-order valence-corrected chi connectivity index (χ2v) is 5.06. The molecule has 116 valence electrons. The van der Waals surface area contributed by atoms with Crippen molar-refractivity contribution in [2.45, 2.75) is 33.1 Å². The Labute approximate surface area is 127 Å². The van der Waals surface area contributed by atoms with Crippen molar-refractivity contribution in [2.24, 2.45) is 0 Å². The van der Waals surface area contributed by atoms with E-state index in [2.05, 4.69) is 19.9 Å². The fourth-order valence-electron chi connectivity index (χ4n) is 2.55. The van der Waals surface area contributed by atoms with Crippen molar-refractivity contribution in [1.29, 1.82) is 0 Å². The lowest BCUT2D eigenvalue weighted by Gasteiger charge is -2.16. The zero-order chi connectivity index (χ0) is 15.7. The predicted molar refractivity (Wildman–Crippen MR) is 77.4 cm³/mol. The Morgan fingerprint density at radius 3 is 2.77 bits per heavy atom. The van der Waals surface area contributed by atoms with Gasteiger partial charge in [-0.15, -0.1) is 0 Å². The highest BCUT2D eigenvalue weighted by atomic mass is 16.5. The summed E-state index contributed by atoms with van der Waals surface area (Å²) in [6.45, 7) is 4.07. The van der Waals surface area contributed by atoms with Gasteiger partial charge in [-0.05, 0) is 6.92 Å². The van der Waals surface area contributed by atoms with Crippen molar-refractivity contribution in [2.75, 3.05) is 7.11 Å². The van der Waals surface area contributed by atoms with Crippen LogP contribution in [0, 0.1) is 0 Å². The highest BCUT2D eigenvalue weighted by Gasteiger charge is 2.23. The molecular weight excluding hydrogens is 286 g/mol. The number of fused-ring (bicyclic) bond motifs is 1. The summed E-state index contributed by atoms with van der Waals surface area (Å²) in [6.07, 6.45) is 2.80. The molecule has 0 aromatic carbocycles. The van der Waals surface area contributed by atoms with Crippen molar-refractivity contribution in [3.05, 3.63) is 40.0 Å². The average molecular weight is 303 g/mol. The summed E-state index contributed by atoms with van der Waals surface area (Å²) in [5.74, 6) is 0.780. The summed E-state index contributed by atoms with van der Waals surface area (Å²) in [5.41, 5.74) is 1.37. The first kappa shape index (κ1) is 14.5. The lowest BCUT2D eigenvalue weighted by Crippen LogP contribution is -2.28. The lowest BCUT2D eigenvalue weighted by atomic mass is 10.4. The molecule has 0 saturated heterocycles. The minimum Gasteiger partial charge on any atom is -0.502 e. The van der Waals surface area contributed by atoms with Crippen molar-refractivity contribution >= 4 is 0 Å². The minimum absolute atomic E-state index is 0.330. The molecule has 1 N–H and O–H groups in total. The number of hydrogen-bond acceptors (Lipinski definition) is 7. The van der Waals surface area contributed by atoms with Crippen LogP contribution in [-0.4, -0.2) is 36.6 Å². The third-order valence-corrected chi connectivity index (χ3v) is 3.66. The Balaban J connectivity index is 1.82. The van der Waals surface area contributed by atoms with Gasteiger partial charge in [-0.3, -0.25) is 19.2 Å². The standard InChI is InChI=1S/C14H17N5O3/c1-3-19-12(16-4-11(20)14(19)21)8-18-6-9-10(7-18)17-13(22-2)5-15-9/h4-5,20H,3,6-8H2,1-2H3. The van der Waals surface area contributed by atoms with E-state index in [4.69, 9.17) is 4.74 Å². The highest BCUT2D eigenvalue weighted by molar-refractivity contribution is 5.21. The van der Waals surface area contributed by atoms with Gasteiger partial charge in [0.1, 0.15) is 5.82 Å². The van der Waals surface area contributed by atoms with Crippen LogP contribution in [-0.2, 0) is 26.2 Å². The van der Waals surface area contributed by atoms with Gasteiger partial charge in [0.2, 0.25) is 5.88 Å². The Hall–Kier alpha value is -2.48. The minimum atomic E-state index is -0.415. The third-order valence-electron chi connectivity index (χ3n) is 3.66. The topological polar surface area (TPSA) is 93.4 Å². The van der Waals surface area contributed by atoms with Crippen LogP contribution < -0.4 is 10.3 Å². The molecular formula is C14H17N5O3. The van der Waals surface area contributed by atoms with Crippen LogP contribution in [0.25, 0.3) is 0 Å². The Kier molecular flexibility index (Phi) is 3.76. The van der Waals surface area contributed by atoms with Gasteiger partial charge in [0.15, 0.2) is 5.75 Å². The van der Waals surface area contributed by atoms with E-state index in [9.17, 15) is 9.90 Å². The Morgan fingerprint density at radius 1 is 1.27 bits per heavy atom. The SMILES string of the molecule is CCn1c(CN2Cc3ncc(OC)nc3C2)ncc(O)c1=O. The summed E-state index contributed by atoms with van der Waals surface area (Å²) >= 11 is 0. The zero-order valence-corrected chi connectivity index (χ0v) is 12.5. The maximum absolute atomic E-state index is 11.9. The molecule has 3 rings (SSSR count). The quantitative estimate of drug-likeness (QED) is 0.867. The monoisotopic (exact) mass is 303 g/mol. The van der Waals surface area contributed by atoms with E-state index < -0.39 is 5.56 Å². The largest absolute Gasteiger partial charge is 0.502 e. The lowest BCUT2D eigenvalue weighted by molar-refractivity contribution is 0.258. The molecule has 0 radical (unpaired) electrons. The van der Waals surface area contributed by atoms with Crippen molar-refractivity contribution in [3.8, 4) is 11.6 Å². The smallest absolute Gasteiger partial charge is 0.295 e. The molecule has 0 atom stereocenters. The van der Waals surface area contributed by atoms with E-state index in [1.165, 1.54) is 10.8 Å². The summed E-state index contributed by atoms with van der Waals surface area (Å²) in [4.78, 5) is 26.9. The van der Waals surface area contributed by atoms with E-state index in [1.54, 1.807) is 13.3 Å². The number of hydrogen-bond donors (Lipinski definition) is 1. The number of aromatic hydroxyl groups is 1. The van der Waals surface area contributed by atoms with Crippen molar-refractivity contribution in [3.63, 3.8) is 0 Å². The zero-order valence-electron chi connectivity index (χ0n) is 12.5. The Morgan fingerprint density at radius 2 is 2.05 bits per heavy atom. The number of aromatic nitrogens is 4. The van der Waals surface area contributed by atoms with E-state index in [0.717, 1.165) is 11.4 Å². The number of methoxy groups -OCH3 is 1. The molecule has 0 unspecified atom stereocenters. The maximum atomic E-state index is 11.9. The molecule has 2 aromatic heterocycles. The van der Waals surface area contributed by atoms with E-state index >= 15 is 0 Å². The molecule has 1 aliphatic heterocycles. The fraction of sp³-hybridized carbons (Fsp3) is 0.429. The number of nitrogens with zero attached hydrogens (tertiary/aromatic N) is 5. The predicted octanol–water partition coefficient (Wildman–Crippen LogP) is 0.283. The molecule has 1 aliphatic rings. The van der Waals surface area contributed by atoms with Gasteiger partial charge in [0.05, 0.1) is 37.4 Å². The van der Waals surface area contributed by atoms with Gasteiger partial charge in [0, 0.05) is 19.6 Å². The van der Waals surface area contributed by atoms with Gasteiger partial charge >= 0.3 is 0 Å². The van der Waals surface area contributed by atoms with Crippen LogP contribution in [0.15, 0.2) is 17.2 Å². The molecule has 2 aromatic rings. The van der Waals surface area contributed by atoms with Crippen LogP contribution >= 0.6 is 0 Å². The van der Waals surface area contributed by atoms with Crippen LogP contribution in [0.3, 0.4) is 0 Å². The first-order chi connectivity index (χ1) is 10.6. The molecule has 22 heavy (non-hydrogen) atoms. The number of ether oxygens (including phenoxy) is 1. The maximum Gasteiger partial charge on any atom is 0.295 e. The normalized spacial score (nSPS) is 14.1. The van der Waals surface area contributed by atoms with Crippen LogP contribution in [0.5, 0.6) is 11.6 Å². The van der Waals surface area contributed by atoms with E-state index in [-0.39, 0.29) is 5.75 Å². The molecule has 8 nitrogen and oxygen atoms in total. The first-order valence-electron chi connectivity index (χ1n) is 7.01. The van der Waals surface area contributed by atoms with E-state index in [0.29, 0.717) is 37.9 Å². The highest BCUT2D eigenvalue weighted by Crippen LogP contribution is 2.22. The molecule has 3 heterocycles. The van der Waals surface area contributed by atoms with Gasteiger partial charge in [-0.25, -0.2) is 9.97 Å². The van der Waals surface area contributed by atoms with Gasteiger partial charge in [-0.1, -0.05) is 0 Å².